The molecule has 1 atom stereocenters. The predicted octanol–water partition coefficient (Wildman–Crippen LogP) is 1.90. The number of nitrogens with one attached hydrogen (secondary N) is 1. The fourth-order valence-corrected chi connectivity index (χ4v) is 1.93. The molecule has 0 aromatic heterocycles. The maximum absolute atomic E-state index is 11.0. The number of rotatable bonds is 4. The van der Waals surface area contributed by atoms with Crippen LogP contribution in [0.4, 0.5) is 5.69 Å². The molecule has 92 valence electrons. The third kappa shape index (κ3) is 2.74. The minimum atomic E-state index is -0.378. The van der Waals surface area contributed by atoms with Crippen LogP contribution < -0.4 is 10.1 Å². The zero-order chi connectivity index (χ0) is 12.3. The first-order valence-corrected chi connectivity index (χ1v) is 5.85. The quantitative estimate of drug-likeness (QED) is 0.640. The highest BCUT2D eigenvalue weighted by Gasteiger charge is 2.21. The maximum Gasteiger partial charge on any atom is 0.311 e. The van der Waals surface area contributed by atoms with Gasteiger partial charge < -0.3 is 10.1 Å². The van der Waals surface area contributed by atoms with E-state index in [9.17, 15) is 10.1 Å². The smallest absolute Gasteiger partial charge is 0.311 e. The van der Waals surface area contributed by atoms with Gasteiger partial charge in [-0.1, -0.05) is 13.0 Å². The minimum absolute atomic E-state index is 0.0428. The van der Waals surface area contributed by atoms with Crippen LogP contribution in [-0.4, -0.2) is 24.1 Å². The molecule has 0 bridgehead atoms. The van der Waals surface area contributed by atoms with Crippen LogP contribution in [0.15, 0.2) is 18.2 Å². The van der Waals surface area contributed by atoms with Crippen LogP contribution in [0.5, 0.6) is 5.75 Å². The molecule has 1 aromatic carbocycles. The lowest BCUT2D eigenvalue weighted by molar-refractivity contribution is -0.386. The molecule has 0 saturated carbocycles. The number of nitrogens with zero attached hydrogens (tertiary/aromatic N) is 1. The molecule has 1 aliphatic heterocycles. The zero-order valence-electron chi connectivity index (χ0n) is 9.81. The van der Waals surface area contributed by atoms with E-state index in [1.165, 1.54) is 0 Å². The topological polar surface area (TPSA) is 64.4 Å². The largest absolute Gasteiger partial charge is 0.482 e. The molecule has 0 spiro atoms. The molecule has 1 heterocycles. The van der Waals surface area contributed by atoms with Gasteiger partial charge in [-0.25, -0.2) is 0 Å². The van der Waals surface area contributed by atoms with Crippen LogP contribution >= 0.6 is 0 Å². The second-order valence-electron chi connectivity index (χ2n) is 4.15. The second-order valence-corrected chi connectivity index (χ2v) is 4.15. The Bertz CT molecular complexity index is 414. The Kier molecular flexibility index (Phi) is 3.58. The molecule has 0 unspecified atom stereocenters. The van der Waals surface area contributed by atoms with Gasteiger partial charge in [-0.3, -0.25) is 10.1 Å². The highest BCUT2D eigenvalue weighted by molar-refractivity contribution is 5.48. The number of hydrogen-bond acceptors (Lipinski definition) is 4. The van der Waals surface area contributed by atoms with E-state index in [2.05, 4.69) is 5.32 Å². The van der Waals surface area contributed by atoms with Crippen LogP contribution in [0.3, 0.4) is 0 Å². The average Bonchev–Trinajstić information content (AvgIpc) is 2.82. The standard InChI is InChI=1S/C12H16N2O3/c1-2-9-3-4-12(11(7-9)14(15)16)17-10-5-6-13-8-10/h3-4,7,10,13H,2,5-6,8H2,1H3/t10-/m1/s1. The van der Waals surface area contributed by atoms with Crippen LogP contribution in [0.25, 0.3) is 0 Å². The van der Waals surface area contributed by atoms with Gasteiger partial charge in [0, 0.05) is 12.6 Å². The van der Waals surface area contributed by atoms with Gasteiger partial charge >= 0.3 is 5.69 Å². The molecule has 1 fully saturated rings. The third-order valence-electron chi connectivity index (χ3n) is 2.94. The van der Waals surface area contributed by atoms with Crippen molar-refractivity contribution in [1.29, 1.82) is 0 Å². The van der Waals surface area contributed by atoms with Gasteiger partial charge in [-0.15, -0.1) is 0 Å². The van der Waals surface area contributed by atoms with Crippen molar-refractivity contribution in [1.82, 2.24) is 5.32 Å². The highest BCUT2D eigenvalue weighted by Crippen LogP contribution is 2.29. The van der Waals surface area contributed by atoms with Crippen molar-refractivity contribution >= 4 is 5.69 Å². The average molecular weight is 236 g/mol. The third-order valence-corrected chi connectivity index (χ3v) is 2.94. The van der Waals surface area contributed by atoms with Gasteiger partial charge in [0.05, 0.1) is 4.92 Å². The Morgan fingerprint density at radius 1 is 1.59 bits per heavy atom. The Balaban J connectivity index is 2.22. The first-order valence-electron chi connectivity index (χ1n) is 5.85. The van der Waals surface area contributed by atoms with Gasteiger partial charge in [0.2, 0.25) is 0 Å². The van der Waals surface area contributed by atoms with Gasteiger partial charge in [-0.05, 0) is 31.0 Å². The highest BCUT2D eigenvalue weighted by atomic mass is 16.6. The molecule has 0 aliphatic carbocycles. The molecule has 1 N–H and O–H groups in total. The lowest BCUT2D eigenvalue weighted by atomic mass is 10.1. The van der Waals surface area contributed by atoms with Crippen LogP contribution in [0, 0.1) is 10.1 Å². The molecule has 1 aromatic rings. The van der Waals surface area contributed by atoms with Crippen LogP contribution in [-0.2, 0) is 6.42 Å². The fourth-order valence-electron chi connectivity index (χ4n) is 1.93. The van der Waals surface area contributed by atoms with Crippen LogP contribution in [0.1, 0.15) is 18.9 Å². The molecular formula is C12H16N2O3. The summed E-state index contributed by atoms with van der Waals surface area (Å²) in [4.78, 5) is 10.6. The van der Waals surface area contributed by atoms with Gasteiger partial charge in [0.15, 0.2) is 5.75 Å². The summed E-state index contributed by atoms with van der Waals surface area (Å²) in [7, 11) is 0. The molecule has 5 nitrogen and oxygen atoms in total. The minimum Gasteiger partial charge on any atom is -0.482 e. The first-order chi connectivity index (χ1) is 8.20. The lowest BCUT2D eigenvalue weighted by Gasteiger charge is -2.12. The zero-order valence-corrected chi connectivity index (χ0v) is 9.81. The normalized spacial score (nSPS) is 19.2. The Hall–Kier alpha value is -1.62. The second kappa shape index (κ2) is 5.14. The van der Waals surface area contributed by atoms with Gasteiger partial charge in [0.25, 0.3) is 0 Å². The van der Waals surface area contributed by atoms with Crippen molar-refractivity contribution in [2.75, 3.05) is 13.1 Å². The van der Waals surface area contributed by atoms with E-state index < -0.39 is 0 Å². The van der Waals surface area contributed by atoms with Gasteiger partial charge in [0.1, 0.15) is 6.10 Å². The number of benzene rings is 1. The number of ether oxygens (including phenoxy) is 1. The fraction of sp³-hybridized carbons (Fsp3) is 0.500. The molecular weight excluding hydrogens is 220 g/mol. The lowest BCUT2D eigenvalue weighted by Crippen LogP contribution is -2.20. The Morgan fingerprint density at radius 2 is 2.41 bits per heavy atom. The van der Waals surface area contributed by atoms with E-state index in [-0.39, 0.29) is 16.7 Å². The van der Waals surface area contributed by atoms with Crippen LogP contribution in [0.2, 0.25) is 0 Å². The van der Waals surface area contributed by atoms with E-state index in [1.54, 1.807) is 12.1 Å². The number of hydrogen-bond donors (Lipinski definition) is 1. The molecule has 0 amide bonds. The summed E-state index contributed by atoms with van der Waals surface area (Å²) in [5.74, 6) is 0.376. The summed E-state index contributed by atoms with van der Waals surface area (Å²) in [6.45, 7) is 3.64. The van der Waals surface area contributed by atoms with Crippen molar-refractivity contribution in [2.45, 2.75) is 25.9 Å². The summed E-state index contributed by atoms with van der Waals surface area (Å²) >= 11 is 0. The summed E-state index contributed by atoms with van der Waals surface area (Å²) in [6.07, 6.45) is 1.72. The van der Waals surface area contributed by atoms with Crippen molar-refractivity contribution in [3.05, 3.63) is 33.9 Å². The molecule has 1 aliphatic rings. The van der Waals surface area contributed by atoms with E-state index in [4.69, 9.17) is 4.74 Å². The Morgan fingerprint density at radius 3 is 3.00 bits per heavy atom. The summed E-state index contributed by atoms with van der Waals surface area (Å²) in [5, 5.41) is 14.1. The van der Waals surface area contributed by atoms with Crippen molar-refractivity contribution in [2.24, 2.45) is 0 Å². The van der Waals surface area contributed by atoms with E-state index >= 15 is 0 Å². The number of nitro benzene ring substituents is 1. The molecule has 1 saturated heterocycles. The van der Waals surface area contributed by atoms with E-state index in [0.29, 0.717) is 5.75 Å². The molecule has 2 rings (SSSR count). The van der Waals surface area contributed by atoms with Crippen molar-refractivity contribution < 1.29 is 9.66 Å². The summed E-state index contributed by atoms with van der Waals surface area (Å²) in [6, 6.07) is 5.18. The number of nitro groups is 1. The van der Waals surface area contributed by atoms with Gasteiger partial charge in [-0.2, -0.15) is 0 Å². The predicted molar refractivity (Wildman–Crippen MR) is 64.4 cm³/mol. The van der Waals surface area contributed by atoms with Crippen molar-refractivity contribution in [3.8, 4) is 5.75 Å². The van der Waals surface area contributed by atoms with E-state index in [0.717, 1.165) is 31.5 Å². The summed E-state index contributed by atoms with van der Waals surface area (Å²) in [5.41, 5.74) is 1.02. The SMILES string of the molecule is CCc1ccc(O[C@@H]2CCNC2)c([N+](=O)[O-])c1. The molecule has 5 heteroatoms. The molecule has 0 radical (unpaired) electrons. The molecule has 17 heavy (non-hydrogen) atoms. The first kappa shape index (κ1) is 11.9. The van der Waals surface area contributed by atoms with Crippen molar-refractivity contribution in [3.63, 3.8) is 0 Å². The summed E-state index contributed by atoms with van der Waals surface area (Å²) < 4.78 is 5.66. The Labute approximate surface area is 99.9 Å². The maximum atomic E-state index is 11.0. The monoisotopic (exact) mass is 236 g/mol. The number of aryl methyl sites for hydroxylation is 1. The van der Waals surface area contributed by atoms with E-state index in [1.807, 2.05) is 13.0 Å².